The van der Waals surface area contributed by atoms with Crippen molar-refractivity contribution >= 4 is 23.0 Å². The average Bonchev–Trinajstić information content (AvgIpc) is 3.38. The number of carbonyl (C=O) groups is 1. The summed E-state index contributed by atoms with van der Waals surface area (Å²) in [6.45, 7) is -0.625. The lowest BCUT2D eigenvalue weighted by Crippen LogP contribution is -2.46. The first-order valence-corrected chi connectivity index (χ1v) is 10.0. The van der Waals surface area contributed by atoms with Gasteiger partial charge >= 0.3 is 12.4 Å². The minimum atomic E-state index is -4.72. The van der Waals surface area contributed by atoms with Gasteiger partial charge in [0.1, 0.15) is 6.61 Å². The highest BCUT2D eigenvalue weighted by atomic mass is 35.5. The maximum atomic E-state index is 12.5. The summed E-state index contributed by atoms with van der Waals surface area (Å²) in [4.78, 5) is 12.5. The minimum absolute atomic E-state index is 0.134. The van der Waals surface area contributed by atoms with Crippen molar-refractivity contribution in [3.8, 4) is 6.08 Å². The van der Waals surface area contributed by atoms with Gasteiger partial charge in [-0.05, 0) is 31.0 Å². The van der Waals surface area contributed by atoms with E-state index in [1.165, 1.54) is 0 Å². The highest BCUT2D eigenvalue weighted by molar-refractivity contribution is 6.30. The summed E-state index contributed by atoms with van der Waals surface area (Å²) in [6.07, 6.45) is -2.06. The van der Waals surface area contributed by atoms with Crippen LogP contribution in [0.5, 0.6) is 6.08 Å². The molecule has 4 heterocycles. The molecule has 2 N–H and O–H groups in total. The first-order chi connectivity index (χ1) is 15.3. The molecule has 1 amide bonds. The number of aromatic nitrogens is 4. The van der Waals surface area contributed by atoms with Crippen molar-refractivity contribution in [1.82, 2.24) is 30.4 Å². The van der Waals surface area contributed by atoms with E-state index in [4.69, 9.17) is 20.8 Å². The normalized spacial score (nSPS) is 19.2. The molecule has 1 saturated heterocycles. The van der Waals surface area contributed by atoms with Gasteiger partial charge in [0.15, 0.2) is 5.69 Å². The number of ether oxygens (including phenoxy) is 2. The molecule has 0 radical (unpaired) electrons. The highest BCUT2D eigenvalue weighted by Crippen LogP contribution is 2.24. The van der Waals surface area contributed by atoms with Crippen LogP contribution in [0.3, 0.4) is 0 Å². The van der Waals surface area contributed by atoms with Gasteiger partial charge in [0, 0.05) is 23.8 Å². The number of amides is 1. The molecule has 32 heavy (non-hydrogen) atoms. The molecule has 10 nitrogen and oxygen atoms in total. The number of alkyl halides is 3. The molecule has 2 atom stereocenters. The summed E-state index contributed by atoms with van der Waals surface area (Å²) < 4.78 is 51.2. The molecule has 0 aliphatic carbocycles. The fourth-order valence-electron chi connectivity index (χ4n) is 3.23. The van der Waals surface area contributed by atoms with Crippen LogP contribution < -0.4 is 15.4 Å². The Labute approximate surface area is 184 Å². The Hall–Kier alpha value is -2.90. The number of halogens is 4. The molecular formula is C18H18ClF3N6O4. The van der Waals surface area contributed by atoms with Gasteiger partial charge in [0.25, 0.3) is 5.91 Å². The van der Waals surface area contributed by atoms with E-state index in [1.807, 2.05) is 0 Å². The third-order valence-corrected chi connectivity index (χ3v) is 4.94. The second-order valence-corrected chi connectivity index (χ2v) is 7.44. The number of piperidine rings is 1. The Morgan fingerprint density at radius 2 is 2.16 bits per heavy atom. The second kappa shape index (κ2) is 9.30. The van der Waals surface area contributed by atoms with Crippen LogP contribution in [0, 0.1) is 0 Å². The molecular weight excluding hydrogens is 457 g/mol. The predicted molar refractivity (Wildman–Crippen MR) is 103 cm³/mol. The Balaban J connectivity index is 1.24. The fourth-order valence-corrected chi connectivity index (χ4v) is 3.40. The van der Waals surface area contributed by atoms with E-state index in [1.54, 1.807) is 28.9 Å². The summed E-state index contributed by atoms with van der Waals surface area (Å²) in [5.74, 6) is -0.0524. The molecule has 1 aliphatic rings. The molecule has 0 spiro atoms. The third kappa shape index (κ3) is 5.66. The van der Waals surface area contributed by atoms with Gasteiger partial charge in [-0.2, -0.15) is 5.10 Å². The molecule has 3 aromatic rings. The smallest absolute Gasteiger partial charge is 0.447 e. The lowest BCUT2D eigenvalue weighted by molar-refractivity contribution is -0.325. The minimum Gasteiger partial charge on any atom is -0.447 e. The number of nitrogens with one attached hydrogen (secondary N) is 2. The lowest BCUT2D eigenvalue weighted by Gasteiger charge is -2.28. The second-order valence-electron chi connectivity index (χ2n) is 7.00. The van der Waals surface area contributed by atoms with Gasteiger partial charge in [-0.15, -0.1) is 18.3 Å². The first-order valence-electron chi connectivity index (χ1n) is 9.63. The predicted octanol–water partition coefficient (Wildman–Crippen LogP) is 2.51. The van der Waals surface area contributed by atoms with E-state index in [0.717, 1.165) is 0 Å². The molecule has 4 rings (SSSR count). The third-order valence-electron chi connectivity index (χ3n) is 4.70. The quantitative estimate of drug-likeness (QED) is 0.502. The molecule has 0 bridgehead atoms. The van der Waals surface area contributed by atoms with Crippen molar-refractivity contribution in [2.75, 3.05) is 19.8 Å². The number of fused-ring (bicyclic) bond motifs is 1. The van der Waals surface area contributed by atoms with Crippen LogP contribution in [-0.4, -0.2) is 57.9 Å². The average molecular weight is 475 g/mol. The summed E-state index contributed by atoms with van der Waals surface area (Å²) in [5, 5.41) is 18.4. The standard InChI is InChI=1S/C18H18ClF3N6O4/c19-10-3-4-28-12(7-10)8-14(27-28)15(29)24-11-1-2-13(23-9-11)16-25-26-17(32-16)30-5-6-31-18(20,21)22/h3-4,7-8,11,13,23H,1-2,5-6,9H2,(H,24,29)/t11-,13+/m0/s1. The molecule has 1 aliphatic heterocycles. The van der Waals surface area contributed by atoms with Gasteiger partial charge < -0.3 is 19.8 Å². The monoisotopic (exact) mass is 474 g/mol. The maximum Gasteiger partial charge on any atom is 0.522 e. The SMILES string of the molecule is O=C(N[C@H]1CC[C@H](c2nnc(OCCOC(F)(F)F)o2)NC1)c1cc2cc(Cl)ccn2n1. The Morgan fingerprint density at radius 3 is 2.91 bits per heavy atom. The van der Waals surface area contributed by atoms with Gasteiger partial charge in [-0.1, -0.05) is 16.7 Å². The van der Waals surface area contributed by atoms with Gasteiger partial charge in [0.05, 0.1) is 18.2 Å². The van der Waals surface area contributed by atoms with Crippen molar-refractivity contribution in [3.63, 3.8) is 0 Å². The maximum absolute atomic E-state index is 12.5. The Morgan fingerprint density at radius 1 is 1.31 bits per heavy atom. The van der Waals surface area contributed by atoms with Crippen molar-refractivity contribution < 1.29 is 31.9 Å². The van der Waals surface area contributed by atoms with E-state index in [-0.39, 0.29) is 42.3 Å². The number of pyridine rings is 1. The molecule has 3 aromatic heterocycles. The van der Waals surface area contributed by atoms with E-state index < -0.39 is 13.0 Å². The molecule has 0 unspecified atom stereocenters. The van der Waals surface area contributed by atoms with E-state index >= 15 is 0 Å². The number of nitrogens with zero attached hydrogens (tertiary/aromatic N) is 4. The number of carbonyl (C=O) groups excluding carboxylic acids is 1. The van der Waals surface area contributed by atoms with Gasteiger partial charge in [0.2, 0.25) is 5.89 Å². The molecule has 14 heteroatoms. The van der Waals surface area contributed by atoms with Crippen molar-refractivity contribution in [1.29, 1.82) is 0 Å². The fraction of sp³-hybridized carbons (Fsp3) is 0.444. The molecule has 0 saturated carbocycles. The zero-order chi connectivity index (χ0) is 22.7. The van der Waals surface area contributed by atoms with Crippen LogP contribution in [0.15, 0.2) is 28.8 Å². The Kier molecular flexibility index (Phi) is 6.48. The van der Waals surface area contributed by atoms with Gasteiger partial charge in [-0.3, -0.25) is 9.53 Å². The molecule has 172 valence electrons. The topological polar surface area (TPSA) is 116 Å². The number of hydrogen-bond acceptors (Lipinski definition) is 8. The largest absolute Gasteiger partial charge is 0.522 e. The summed E-state index contributed by atoms with van der Waals surface area (Å²) in [5.41, 5.74) is 0.992. The zero-order valence-corrected chi connectivity index (χ0v) is 17.2. The summed E-state index contributed by atoms with van der Waals surface area (Å²) in [7, 11) is 0. The molecule has 1 fully saturated rings. The van der Waals surface area contributed by atoms with Crippen LogP contribution >= 0.6 is 11.6 Å². The van der Waals surface area contributed by atoms with Crippen LogP contribution in [0.1, 0.15) is 35.3 Å². The Bertz CT molecular complexity index is 1080. The van der Waals surface area contributed by atoms with E-state index in [0.29, 0.717) is 29.9 Å². The first kappa shape index (κ1) is 22.3. The molecule has 0 aromatic carbocycles. The van der Waals surface area contributed by atoms with Crippen LogP contribution in [0.2, 0.25) is 5.02 Å². The van der Waals surface area contributed by atoms with Crippen LogP contribution in [0.4, 0.5) is 13.2 Å². The summed E-state index contributed by atoms with van der Waals surface area (Å²) in [6, 6.07) is 4.64. The lowest BCUT2D eigenvalue weighted by atomic mass is 10.0. The zero-order valence-electron chi connectivity index (χ0n) is 16.4. The van der Waals surface area contributed by atoms with Crippen molar-refractivity contribution in [2.45, 2.75) is 31.3 Å². The number of rotatable bonds is 7. The van der Waals surface area contributed by atoms with E-state index in [9.17, 15) is 18.0 Å². The van der Waals surface area contributed by atoms with Crippen molar-refractivity contribution in [3.05, 3.63) is 41.0 Å². The van der Waals surface area contributed by atoms with Crippen LogP contribution in [-0.2, 0) is 4.74 Å². The number of hydrogen-bond donors (Lipinski definition) is 2. The highest BCUT2D eigenvalue weighted by Gasteiger charge is 2.29. The van der Waals surface area contributed by atoms with E-state index in [2.05, 4.69) is 30.7 Å². The van der Waals surface area contributed by atoms with Gasteiger partial charge in [-0.25, -0.2) is 4.52 Å². The van der Waals surface area contributed by atoms with Crippen molar-refractivity contribution in [2.24, 2.45) is 0 Å². The summed E-state index contributed by atoms with van der Waals surface area (Å²) >= 11 is 5.96. The van der Waals surface area contributed by atoms with Crippen LogP contribution in [0.25, 0.3) is 5.52 Å².